The van der Waals surface area contributed by atoms with Crippen LogP contribution in [0.1, 0.15) is 42.6 Å². The summed E-state index contributed by atoms with van der Waals surface area (Å²) < 4.78 is 0. The molecule has 0 aliphatic carbocycles. The van der Waals surface area contributed by atoms with Crippen molar-refractivity contribution in [3.63, 3.8) is 0 Å². The molecule has 0 saturated carbocycles. The smallest absolute Gasteiger partial charge is 0.328 e. The van der Waals surface area contributed by atoms with E-state index < -0.39 is 6.04 Å². The number of H-pyrrole nitrogens is 1. The molecule has 2 aromatic carbocycles. The van der Waals surface area contributed by atoms with Gasteiger partial charge in [-0.2, -0.15) is 0 Å². The first-order valence-electron chi connectivity index (χ1n) is 10.1. The minimum Gasteiger partial charge on any atom is -0.356 e. The number of rotatable bonds is 4. The van der Waals surface area contributed by atoms with Gasteiger partial charge >= 0.3 is 6.03 Å². The van der Waals surface area contributed by atoms with Crippen LogP contribution >= 0.6 is 11.6 Å². The largest absolute Gasteiger partial charge is 0.356 e. The Labute approximate surface area is 174 Å². The Kier molecular flexibility index (Phi) is 4.36. The van der Waals surface area contributed by atoms with Gasteiger partial charge in [-0.1, -0.05) is 55.3 Å². The fraction of sp³-hybridized carbons (Fsp3) is 0.304. The maximum atomic E-state index is 13.3. The summed E-state index contributed by atoms with van der Waals surface area (Å²) in [5.74, 6) is -0.0913. The first kappa shape index (κ1) is 18.3. The molecule has 0 bridgehead atoms. The summed E-state index contributed by atoms with van der Waals surface area (Å²) in [6.07, 6.45) is 2.28. The van der Waals surface area contributed by atoms with Crippen LogP contribution in [0.4, 0.5) is 4.79 Å². The van der Waals surface area contributed by atoms with Crippen molar-refractivity contribution in [2.45, 2.75) is 38.3 Å². The lowest BCUT2D eigenvalue weighted by Crippen LogP contribution is -2.44. The van der Waals surface area contributed by atoms with E-state index in [1.54, 1.807) is 4.90 Å². The molecule has 1 aromatic heterocycles. The molecule has 1 saturated heterocycles. The first-order valence-corrected chi connectivity index (χ1v) is 10.5. The highest BCUT2D eigenvalue weighted by Crippen LogP contribution is 2.44. The summed E-state index contributed by atoms with van der Waals surface area (Å²) in [5.41, 5.74) is 4.02. The SMILES string of the molecule is CCCCN1C(=O)[C@H]2Cc3c([nH]c4ccccc34)[C@@H](c3cccc(Cl)c3)N2C1=O. The highest BCUT2D eigenvalue weighted by Gasteiger charge is 2.52. The number of carbonyl (C=O) groups excluding carboxylic acids is 2. The summed E-state index contributed by atoms with van der Waals surface area (Å²) >= 11 is 6.28. The average molecular weight is 408 g/mol. The van der Waals surface area contributed by atoms with Crippen LogP contribution in [0.25, 0.3) is 10.9 Å². The number of hydrogen-bond donors (Lipinski definition) is 1. The summed E-state index contributed by atoms with van der Waals surface area (Å²) in [6, 6.07) is 14.6. The Morgan fingerprint density at radius 1 is 1.14 bits per heavy atom. The third kappa shape index (κ3) is 2.76. The molecular formula is C23H22ClN3O2. The van der Waals surface area contributed by atoms with Gasteiger partial charge in [-0.15, -0.1) is 0 Å². The normalized spacial score (nSPS) is 21.0. The molecule has 2 aliphatic heterocycles. The van der Waals surface area contributed by atoms with Crippen molar-refractivity contribution in [2.75, 3.05) is 6.54 Å². The van der Waals surface area contributed by atoms with Gasteiger partial charge in [-0.25, -0.2) is 4.79 Å². The second kappa shape index (κ2) is 6.92. The van der Waals surface area contributed by atoms with E-state index in [9.17, 15) is 9.59 Å². The number of aromatic amines is 1. The molecule has 148 valence electrons. The number of imide groups is 1. The quantitative estimate of drug-likeness (QED) is 0.625. The number of unbranched alkanes of at least 4 members (excludes halogenated alkanes) is 1. The number of carbonyl (C=O) groups is 2. The number of halogens is 1. The molecule has 6 heteroatoms. The zero-order valence-electron chi connectivity index (χ0n) is 16.2. The number of benzene rings is 2. The van der Waals surface area contributed by atoms with Crippen LogP contribution in [0.2, 0.25) is 5.02 Å². The van der Waals surface area contributed by atoms with E-state index in [1.165, 1.54) is 4.90 Å². The molecule has 2 atom stereocenters. The van der Waals surface area contributed by atoms with E-state index in [2.05, 4.69) is 18.0 Å². The van der Waals surface area contributed by atoms with Gasteiger partial charge in [0.25, 0.3) is 5.91 Å². The number of aromatic nitrogens is 1. The lowest BCUT2D eigenvalue weighted by atomic mass is 9.89. The second-order valence-electron chi connectivity index (χ2n) is 7.77. The highest BCUT2D eigenvalue weighted by molar-refractivity contribution is 6.30. The number of amides is 3. The van der Waals surface area contributed by atoms with E-state index in [-0.39, 0.29) is 18.0 Å². The number of urea groups is 1. The average Bonchev–Trinajstić information content (AvgIpc) is 3.20. The second-order valence-corrected chi connectivity index (χ2v) is 8.21. The number of nitrogens with zero attached hydrogens (tertiary/aromatic N) is 2. The fourth-order valence-corrected chi connectivity index (χ4v) is 4.87. The minimum atomic E-state index is -0.477. The van der Waals surface area contributed by atoms with Crippen molar-refractivity contribution < 1.29 is 9.59 Å². The van der Waals surface area contributed by atoms with E-state index in [4.69, 9.17) is 11.6 Å². The Morgan fingerprint density at radius 2 is 1.97 bits per heavy atom. The van der Waals surface area contributed by atoms with Crippen LogP contribution in [-0.4, -0.2) is 39.3 Å². The van der Waals surface area contributed by atoms with Crippen molar-refractivity contribution in [3.05, 3.63) is 70.4 Å². The van der Waals surface area contributed by atoms with Crippen LogP contribution in [0.3, 0.4) is 0 Å². The molecule has 0 radical (unpaired) electrons. The monoisotopic (exact) mass is 407 g/mol. The van der Waals surface area contributed by atoms with Gasteiger partial charge in [-0.05, 0) is 35.7 Å². The third-order valence-corrected chi connectivity index (χ3v) is 6.27. The van der Waals surface area contributed by atoms with Gasteiger partial charge in [0.15, 0.2) is 0 Å². The van der Waals surface area contributed by atoms with Crippen molar-refractivity contribution in [1.82, 2.24) is 14.8 Å². The van der Waals surface area contributed by atoms with Crippen molar-refractivity contribution in [2.24, 2.45) is 0 Å². The fourth-order valence-electron chi connectivity index (χ4n) is 4.67. The lowest BCUT2D eigenvalue weighted by Gasteiger charge is -2.36. The molecule has 2 aliphatic rings. The Balaban J connectivity index is 1.69. The summed E-state index contributed by atoms with van der Waals surface area (Å²) in [6.45, 7) is 2.53. The van der Waals surface area contributed by atoms with Gasteiger partial charge in [0.1, 0.15) is 12.1 Å². The van der Waals surface area contributed by atoms with Crippen LogP contribution in [0, 0.1) is 0 Å². The van der Waals surface area contributed by atoms with Gasteiger partial charge < -0.3 is 4.98 Å². The maximum absolute atomic E-state index is 13.3. The molecule has 0 spiro atoms. The maximum Gasteiger partial charge on any atom is 0.328 e. The van der Waals surface area contributed by atoms with E-state index in [0.29, 0.717) is 18.0 Å². The molecule has 1 fully saturated rings. The number of hydrogen-bond acceptors (Lipinski definition) is 2. The van der Waals surface area contributed by atoms with Crippen LogP contribution < -0.4 is 0 Å². The number of nitrogens with one attached hydrogen (secondary N) is 1. The molecule has 3 aromatic rings. The molecule has 29 heavy (non-hydrogen) atoms. The number of fused-ring (bicyclic) bond motifs is 4. The molecule has 5 rings (SSSR count). The van der Waals surface area contributed by atoms with Crippen molar-refractivity contribution in [3.8, 4) is 0 Å². The molecular weight excluding hydrogens is 386 g/mol. The first-order chi connectivity index (χ1) is 14.1. The minimum absolute atomic E-state index is 0.0913. The predicted molar refractivity (Wildman–Crippen MR) is 113 cm³/mol. The van der Waals surface area contributed by atoms with Crippen molar-refractivity contribution in [1.29, 1.82) is 0 Å². The van der Waals surface area contributed by atoms with E-state index in [1.807, 2.05) is 42.5 Å². The van der Waals surface area contributed by atoms with Gasteiger partial charge in [0.2, 0.25) is 0 Å². The number of para-hydroxylation sites is 1. The summed E-state index contributed by atoms with van der Waals surface area (Å²) in [4.78, 5) is 33.2. The third-order valence-electron chi connectivity index (χ3n) is 6.03. The van der Waals surface area contributed by atoms with Crippen LogP contribution in [-0.2, 0) is 11.2 Å². The molecule has 3 amide bonds. The van der Waals surface area contributed by atoms with Gasteiger partial charge in [-0.3, -0.25) is 14.6 Å². The molecule has 0 unspecified atom stereocenters. The Hall–Kier alpha value is -2.79. The standard InChI is InChI=1S/C23H22ClN3O2/c1-2-3-11-26-22(28)19-13-17-16-9-4-5-10-18(16)25-20(17)21(27(19)23(26)29)14-7-6-8-15(24)12-14/h4-10,12,19,21,25H,2-3,11,13H2,1H3/t19-,21-/m1/s1. The van der Waals surface area contributed by atoms with Crippen molar-refractivity contribution >= 4 is 34.4 Å². The van der Waals surface area contributed by atoms with Gasteiger partial charge in [0, 0.05) is 34.6 Å². The van der Waals surface area contributed by atoms with Crippen LogP contribution in [0.15, 0.2) is 48.5 Å². The Morgan fingerprint density at radius 3 is 2.76 bits per heavy atom. The van der Waals surface area contributed by atoms with E-state index >= 15 is 0 Å². The summed E-state index contributed by atoms with van der Waals surface area (Å²) in [5, 5.41) is 1.73. The summed E-state index contributed by atoms with van der Waals surface area (Å²) in [7, 11) is 0. The molecule has 3 heterocycles. The topological polar surface area (TPSA) is 56.4 Å². The van der Waals surface area contributed by atoms with Crippen LogP contribution in [0.5, 0.6) is 0 Å². The lowest BCUT2D eigenvalue weighted by molar-refractivity contribution is -0.128. The van der Waals surface area contributed by atoms with E-state index in [0.717, 1.165) is 40.6 Å². The highest BCUT2D eigenvalue weighted by atomic mass is 35.5. The molecule has 1 N–H and O–H groups in total. The Bertz CT molecular complexity index is 1120. The predicted octanol–water partition coefficient (Wildman–Crippen LogP) is 4.90. The zero-order valence-corrected chi connectivity index (χ0v) is 16.9. The van der Waals surface area contributed by atoms with Gasteiger partial charge in [0.05, 0.1) is 0 Å². The zero-order chi connectivity index (χ0) is 20.1. The molecule has 5 nitrogen and oxygen atoms in total.